The van der Waals surface area contributed by atoms with Crippen LogP contribution in [0, 0.1) is 11.3 Å². The Kier molecular flexibility index (Phi) is 1.37. The predicted octanol–water partition coefficient (Wildman–Crippen LogP) is 1.70. The fourth-order valence-corrected chi connectivity index (χ4v) is 2.98. The number of rotatable bonds is 2. The molecular weight excluding hydrogens is 150 g/mol. The second kappa shape index (κ2) is 2.04. The topological polar surface area (TPSA) is 29.1 Å². The van der Waals surface area contributed by atoms with Gasteiger partial charge in [-0.1, -0.05) is 13.8 Å². The summed E-state index contributed by atoms with van der Waals surface area (Å²) in [6.45, 7) is 6.19. The van der Waals surface area contributed by atoms with Gasteiger partial charge in [0, 0.05) is 12.5 Å². The second-order valence-corrected chi connectivity index (χ2v) is 5.01. The lowest BCUT2D eigenvalue weighted by atomic mass is 9.36. The zero-order chi connectivity index (χ0) is 8.98. The van der Waals surface area contributed by atoms with Crippen LogP contribution in [0.1, 0.15) is 40.0 Å². The van der Waals surface area contributed by atoms with Gasteiger partial charge in [-0.15, -0.1) is 0 Å². The molecule has 0 aliphatic heterocycles. The van der Waals surface area contributed by atoms with Gasteiger partial charge in [0.05, 0.1) is 0 Å². The van der Waals surface area contributed by atoms with Crippen molar-refractivity contribution in [3.63, 3.8) is 0 Å². The Labute approximate surface area is 73.7 Å². The molecule has 0 heterocycles. The summed E-state index contributed by atoms with van der Waals surface area (Å²) in [4.78, 5) is 10.8. The Bertz CT molecular complexity index is 212. The van der Waals surface area contributed by atoms with Crippen LogP contribution in [-0.2, 0) is 4.79 Å². The van der Waals surface area contributed by atoms with E-state index in [9.17, 15) is 4.79 Å². The third-order valence-electron chi connectivity index (χ3n) is 3.74. The fourth-order valence-electron chi connectivity index (χ4n) is 2.98. The molecule has 0 atom stereocenters. The SMILES string of the molecule is CC(=O)NC12CC(C(C)C)(C1)C2. The number of carbonyl (C=O) groups is 1. The van der Waals surface area contributed by atoms with Crippen LogP contribution in [0.4, 0.5) is 0 Å². The number of nitrogens with one attached hydrogen (secondary N) is 1. The van der Waals surface area contributed by atoms with Gasteiger partial charge in [0.1, 0.15) is 0 Å². The van der Waals surface area contributed by atoms with Crippen LogP contribution in [0.2, 0.25) is 0 Å². The molecule has 12 heavy (non-hydrogen) atoms. The minimum absolute atomic E-state index is 0.132. The van der Waals surface area contributed by atoms with Crippen molar-refractivity contribution in [2.45, 2.75) is 45.6 Å². The Morgan fingerprint density at radius 3 is 2.17 bits per heavy atom. The summed E-state index contributed by atoms with van der Waals surface area (Å²) in [6, 6.07) is 0. The second-order valence-electron chi connectivity index (χ2n) is 5.01. The molecule has 1 N–H and O–H groups in total. The lowest BCUT2D eigenvalue weighted by Crippen LogP contribution is -2.75. The first-order chi connectivity index (χ1) is 5.48. The smallest absolute Gasteiger partial charge is 0.217 e. The molecule has 0 aromatic carbocycles. The van der Waals surface area contributed by atoms with Crippen molar-refractivity contribution in [2.24, 2.45) is 11.3 Å². The van der Waals surface area contributed by atoms with Gasteiger partial charge in [0.15, 0.2) is 0 Å². The molecule has 2 nitrogen and oxygen atoms in total. The van der Waals surface area contributed by atoms with Crippen molar-refractivity contribution in [3.8, 4) is 0 Å². The number of hydrogen-bond donors (Lipinski definition) is 1. The molecule has 3 saturated carbocycles. The quantitative estimate of drug-likeness (QED) is 0.666. The van der Waals surface area contributed by atoms with Gasteiger partial charge in [0.25, 0.3) is 0 Å². The van der Waals surface area contributed by atoms with Gasteiger partial charge < -0.3 is 5.32 Å². The molecule has 3 rings (SSSR count). The number of carbonyl (C=O) groups excluding carboxylic acids is 1. The van der Waals surface area contributed by atoms with Crippen molar-refractivity contribution >= 4 is 5.91 Å². The first kappa shape index (κ1) is 8.09. The Hall–Kier alpha value is -0.530. The lowest BCUT2D eigenvalue weighted by Gasteiger charge is -2.72. The van der Waals surface area contributed by atoms with Crippen LogP contribution in [0.3, 0.4) is 0 Å². The molecule has 0 aromatic rings. The van der Waals surface area contributed by atoms with E-state index in [2.05, 4.69) is 19.2 Å². The monoisotopic (exact) mass is 167 g/mol. The predicted molar refractivity (Wildman–Crippen MR) is 47.7 cm³/mol. The van der Waals surface area contributed by atoms with E-state index in [1.54, 1.807) is 6.92 Å². The van der Waals surface area contributed by atoms with E-state index in [0.717, 1.165) is 5.92 Å². The fraction of sp³-hybridized carbons (Fsp3) is 0.900. The van der Waals surface area contributed by atoms with Crippen LogP contribution in [0.5, 0.6) is 0 Å². The number of amides is 1. The summed E-state index contributed by atoms with van der Waals surface area (Å²) in [5.74, 6) is 0.917. The van der Waals surface area contributed by atoms with Crippen molar-refractivity contribution in [1.82, 2.24) is 5.32 Å². The first-order valence-electron chi connectivity index (χ1n) is 4.77. The van der Waals surface area contributed by atoms with Crippen LogP contribution in [0.15, 0.2) is 0 Å². The average molecular weight is 167 g/mol. The van der Waals surface area contributed by atoms with E-state index in [1.807, 2.05) is 0 Å². The highest BCUT2D eigenvalue weighted by atomic mass is 16.1. The van der Waals surface area contributed by atoms with E-state index < -0.39 is 0 Å². The van der Waals surface area contributed by atoms with Crippen LogP contribution in [-0.4, -0.2) is 11.4 Å². The number of hydrogen-bond acceptors (Lipinski definition) is 1. The highest BCUT2D eigenvalue weighted by Crippen LogP contribution is 2.70. The Morgan fingerprint density at radius 2 is 1.83 bits per heavy atom. The standard InChI is InChI=1S/C10H17NO/c1-7(2)9-4-10(5-9,6-9)11-8(3)12/h7H,4-6H2,1-3H3,(H,11,12). The molecular formula is C10H17NO. The zero-order valence-corrected chi connectivity index (χ0v) is 8.11. The Balaban J connectivity index is 1.91. The van der Waals surface area contributed by atoms with Gasteiger partial charge in [-0.05, 0) is 30.6 Å². The largest absolute Gasteiger partial charge is 0.351 e. The Morgan fingerprint density at radius 1 is 1.33 bits per heavy atom. The average Bonchev–Trinajstić information content (AvgIpc) is 1.72. The maximum absolute atomic E-state index is 10.8. The summed E-state index contributed by atoms with van der Waals surface area (Å²) in [5, 5.41) is 3.06. The lowest BCUT2D eigenvalue weighted by molar-refractivity contribution is -0.186. The molecule has 1 amide bonds. The van der Waals surface area contributed by atoms with Gasteiger partial charge in [-0.25, -0.2) is 0 Å². The third-order valence-corrected chi connectivity index (χ3v) is 3.74. The molecule has 2 bridgehead atoms. The van der Waals surface area contributed by atoms with Gasteiger partial charge in [-0.2, -0.15) is 0 Å². The first-order valence-corrected chi connectivity index (χ1v) is 4.77. The zero-order valence-electron chi connectivity index (χ0n) is 8.11. The van der Waals surface area contributed by atoms with Crippen molar-refractivity contribution in [3.05, 3.63) is 0 Å². The molecule has 68 valence electrons. The van der Waals surface area contributed by atoms with Gasteiger partial charge >= 0.3 is 0 Å². The molecule has 0 aromatic heterocycles. The molecule has 3 aliphatic carbocycles. The molecule has 3 fully saturated rings. The van der Waals surface area contributed by atoms with E-state index in [1.165, 1.54) is 19.3 Å². The van der Waals surface area contributed by atoms with Gasteiger partial charge in [0.2, 0.25) is 5.91 Å². The summed E-state index contributed by atoms with van der Waals surface area (Å²) in [6.07, 6.45) is 3.66. The highest BCUT2D eigenvalue weighted by Gasteiger charge is 2.68. The normalized spacial score (nSPS) is 43.3. The van der Waals surface area contributed by atoms with E-state index >= 15 is 0 Å². The molecule has 0 saturated heterocycles. The summed E-state index contributed by atoms with van der Waals surface area (Å²) in [7, 11) is 0. The molecule has 0 unspecified atom stereocenters. The van der Waals surface area contributed by atoms with Crippen LogP contribution < -0.4 is 5.32 Å². The van der Waals surface area contributed by atoms with Crippen LogP contribution >= 0.6 is 0 Å². The third kappa shape index (κ3) is 0.838. The maximum Gasteiger partial charge on any atom is 0.217 e. The maximum atomic E-state index is 10.8. The minimum atomic E-state index is 0.132. The molecule has 3 aliphatic rings. The minimum Gasteiger partial charge on any atom is -0.351 e. The van der Waals surface area contributed by atoms with E-state index in [-0.39, 0.29) is 11.4 Å². The highest BCUT2D eigenvalue weighted by molar-refractivity contribution is 5.74. The molecule has 0 radical (unpaired) electrons. The summed E-state index contributed by atoms with van der Waals surface area (Å²) >= 11 is 0. The van der Waals surface area contributed by atoms with E-state index in [4.69, 9.17) is 0 Å². The van der Waals surface area contributed by atoms with E-state index in [0.29, 0.717) is 5.41 Å². The summed E-state index contributed by atoms with van der Waals surface area (Å²) in [5.41, 5.74) is 0.832. The molecule has 2 heteroatoms. The van der Waals surface area contributed by atoms with Crippen LogP contribution in [0.25, 0.3) is 0 Å². The summed E-state index contributed by atoms with van der Waals surface area (Å²) < 4.78 is 0. The van der Waals surface area contributed by atoms with Crippen molar-refractivity contribution < 1.29 is 4.79 Å². The van der Waals surface area contributed by atoms with Crippen molar-refractivity contribution in [2.75, 3.05) is 0 Å². The molecule has 0 spiro atoms. The van der Waals surface area contributed by atoms with Crippen molar-refractivity contribution in [1.29, 1.82) is 0 Å². The van der Waals surface area contributed by atoms with Gasteiger partial charge in [-0.3, -0.25) is 4.79 Å².